The molecule has 0 heterocycles. The average Bonchev–Trinajstić information content (AvgIpc) is 2.29. The van der Waals surface area contributed by atoms with Gasteiger partial charge in [0, 0.05) is 6.08 Å². The Morgan fingerprint density at radius 1 is 1.12 bits per heavy atom. The highest BCUT2D eigenvalue weighted by atomic mass is 35.5. The van der Waals surface area contributed by atoms with Crippen molar-refractivity contribution in [3.8, 4) is 5.75 Å². The largest absolute Gasteiger partial charge is 0.418 e. The maximum Gasteiger partial charge on any atom is 0.335 e. The van der Waals surface area contributed by atoms with Crippen LogP contribution in [0.3, 0.4) is 0 Å². The van der Waals surface area contributed by atoms with Crippen molar-refractivity contribution in [3.05, 3.63) is 40.2 Å². The van der Waals surface area contributed by atoms with Crippen molar-refractivity contribution in [1.82, 2.24) is 0 Å². The van der Waals surface area contributed by atoms with Gasteiger partial charge in [-0.3, -0.25) is 0 Å². The summed E-state index contributed by atoms with van der Waals surface area (Å²) in [5, 5.41) is -1.60. The normalized spacial score (nSPS) is 10.1. The molecule has 0 aromatic heterocycles. The zero-order valence-corrected chi connectivity index (χ0v) is 9.00. The van der Waals surface area contributed by atoms with Crippen LogP contribution >= 0.6 is 23.2 Å². The Labute approximate surface area is 98.2 Å². The lowest BCUT2D eigenvalue weighted by Gasteiger charge is -2.08. The first kappa shape index (κ1) is 12.9. The molecule has 1 aromatic rings. The second-order valence-corrected chi connectivity index (χ2v) is 3.28. The van der Waals surface area contributed by atoms with Crippen molar-refractivity contribution in [2.45, 2.75) is 0 Å². The zero-order chi connectivity index (χ0) is 12.5. The molecule has 0 spiro atoms. The lowest BCUT2D eigenvalue weighted by atomic mass is 10.3. The minimum atomic E-state index is -1.87. The summed E-state index contributed by atoms with van der Waals surface area (Å²) >= 11 is 10.6. The Morgan fingerprint density at radius 2 is 1.69 bits per heavy atom. The quantitative estimate of drug-likeness (QED) is 0.270. The van der Waals surface area contributed by atoms with Gasteiger partial charge >= 0.3 is 5.97 Å². The Morgan fingerprint density at radius 3 is 2.19 bits per heavy atom. The van der Waals surface area contributed by atoms with Gasteiger partial charge in [0.15, 0.2) is 17.4 Å². The van der Waals surface area contributed by atoms with E-state index in [0.29, 0.717) is 6.08 Å². The highest BCUT2D eigenvalue weighted by molar-refractivity contribution is 6.43. The van der Waals surface area contributed by atoms with Crippen LogP contribution in [0.15, 0.2) is 12.7 Å². The monoisotopic (exact) mass is 270 g/mol. The second-order valence-electron chi connectivity index (χ2n) is 2.52. The Balaban J connectivity index is 3.39. The van der Waals surface area contributed by atoms with Gasteiger partial charge in [-0.2, -0.15) is 4.39 Å². The Bertz CT molecular complexity index is 445. The number of carbonyl (C=O) groups is 1. The molecule has 2 nitrogen and oxygen atoms in total. The van der Waals surface area contributed by atoms with E-state index in [1.807, 2.05) is 0 Å². The van der Waals surface area contributed by atoms with Crippen molar-refractivity contribution in [2.75, 3.05) is 0 Å². The van der Waals surface area contributed by atoms with E-state index in [2.05, 4.69) is 11.3 Å². The molecule has 0 saturated heterocycles. The van der Waals surface area contributed by atoms with Gasteiger partial charge < -0.3 is 4.74 Å². The summed E-state index contributed by atoms with van der Waals surface area (Å²) in [6.07, 6.45) is 0.699. The van der Waals surface area contributed by atoms with E-state index in [1.165, 1.54) is 0 Å². The number of benzene rings is 1. The van der Waals surface area contributed by atoms with Crippen molar-refractivity contribution < 1.29 is 22.7 Å². The third-order valence-electron chi connectivity index (χ3n) is 1.54. The Hall–Kier alpha value is -1.20. The molecule has 7 heteroatoms. The highest BCUT2D eigenvalue weighted by Crippen LogP contribution is 2.38. The molecule has 0 unspecified atom stereocenters. The molecule has 0 N–H and O–H groups in total. The lowest BCUT2D eigenvalue weighted by Crippen LogP contribution is -2.07. The maximum absolute atomic E-state index is 13.1. The minimum Gasteiger partial charge on any atom is -0.418 e. The van der Waals surface area contributed by atoms with Crippen LogP contribution in [0.5, 0.6) is 5.75 Å². The summed E-state index contributed by atoms with van der Waals surface area (Å²) < 4.78 is 43.2. The molecule has 0 fully saturated rings. The molecule has 1 aromatic carbocycles. The van der Waals surface area contributed by atoms with Gasteiger partial charge in [0.25, 0.3) is 0 Å². The van der Waals surface area contributed by atoms with Gasteiger partial charge in [0.05, 0.1) is 0 Å². The van der Waals surface area contributed by atoms with E-state index in [4.69, 9.17) is 23.2 Å². The molecular formula is C9H3Cl2F3O2. The molecule has 0 atom stereocenters. The summed E-state index contributed by atoms with van der Waals surface area (Å²) in [6, 6.07) is 0. The standard InChI is InChI=1S/C9H3Cl2F3O2/c1-2-3(15)16-9-5(11)4(10)6(12)7(13)8(9)14/h2H,1H2. The molecule has 86 valence electrons. The van der Waals surface area contributed by atoms with E-state index >= 15 is 0 Å². The third-order valence-corrected chi connectivity index (χ3v) is 2.35. The molecule has 0 amide bonds. The number of halogens is 5. The van der Waals surface area contributed by atoms with Crippen LogP contribution in [0.1, 0.15) is 0 Å². The SMILES string of the molecule is C=CC(=O)Oc1c(F)c(F)c(F)c(Cl)c1Cl. The molecule has 0 aliphatic heterocycles. The van der Waals surface area contributed by atoms with Crippen LogP contribution in [-0.2, 0) is 4.79 Å². The van der Waals surface area contributed by atoms with E-state index in [-0.39, 0.29) is 0 Å². The van der Waals surface area contributed by atoms with Crippen molar-refractivity contribution in [1.29, 1.82) is 0 Å². The first-order valence-electron chi connectivity index (χ1n) is 3.75. The number of carbonyl (C=O) groups excluding carboxylic acids is 1. The van der Waals surface area contributed by atoms with Crippen LogP contribution in [-0.4, -0.2) is 5.97 Å². The molecule has 16 heavy (non-hydrogen) atoms. The summed E-state index contributed by atoms with van der Waals surface area (Å²) in [5.74, 6) is -7.32. The molecular weight excluding hydrogens is 268 g/mol. The predicted octanol–water partition coefficient (Wildman–Crippen LogP) is 3.50. The van der Waals surface area contributed by atoms with E-state index < -0.39 is 39.2 Å². The average molecular weight is 271 g/mol. The Kier molecular flexibility index (Phi) is 3.83. The van der Waals surface area contributed by atoms with Gasteiger partial charge in [0.2, 0.25) is 5.82 Å². The second kappa shape index (κ2) is 4.76. The topological polar surface area (TPSA) is 26.3 Å². The van der Waals surface area contributed by atoms with Gasteiger partial charge in [-0.25, -0.2) is 13.6 Å². The summed E-state index contributed by atoms with van der Waals surface area (Å²) in [6.45, 7) is 3.04. The van der Waals surface area contributed by atoms with Gasteiger partial charge in [0.1, 0.15) is 10.0 Å². The number of rotatable bonds is 2. The van der Waals surface area contributed by atoms with Gasteiger partial charge in [-0.15, -0.1) is 0 Å². The molecule has 0 radical (unpaired) electrons. The summed E-state index contributed by atoms with van der Waals surface area (Å²) in [4.78, 5) is 10.8. The molecule has 0 aliphatic rings. The fourth-order valence-electron chi connectivity index (χ4n) is 0.817. The molecule has 0 bridgehead atoms. The number of hydrogen-bond donors (Lipinski definition) is 0. The summed E-state index contributed by atoms with van der Waals surface area (Å²) in [5.41, 5.74) is 0. The van der Waals surface area contributed by atoms with Crippen molar-refractivity contribution in [2.24, 2.45) is 0 Å². The van der Waals surface area contributed by atoms with E-state index in [1.54, 1.807) is 0 Å². The first-order valence-corrected chi connectivity index (χ1v) is 4.51. The van der Waals surface area contributed by atoms with Gasteiger partial charge in [-0.1, -0.05) is 29.8 Å². The van der Waals surface area contributed by atoms with Crippen molar-refractivity contribution >= 4 is 29.2 Å². The first-order chi connectivity index (χ1) is 7.40. The van der Waals surface area contributed by atoms with Crippen LogP contribution in [0.25, 0.3) is 0 Å². The summed E-state index contributed by atoms with van der Waals surface area (Å²) in [7, 11) is 0. The number of hydrogen-bond acceptors (Lipinski definition) is 2. The van der Waals surface area contributed by atoms with Crippen LogP contribution < -0.4 is 4.74 Å². The fraction of sp³-hybridized carbons (Fsp3) is 0. The highest BCUT2D eigenvalue weighted by Gasteiger charge is 2.25. The molecule has 1 rings (SSSR count). The van der Waals surface area contributed by atoms with Crippen LogP contribution in [0.2, 0.25) is 10.0 Å². The number of esters is 1. The predicted molar refractivity (Wildman–Crippen MR) is 52.2 cm³/mol. The molecule has 0 saturated carbocycles. The van der Waals surface area contributed by atoms with E-state index in [0.717, 1.165) is 0 Å². The van der Waals surface area contributed by atoms with E-state index in [9.17, 15) is 18.0 Å². The smallest absolute Gasteiger partial charge is 0.335 e. The zero-order valence-electron chi connectivity index (χ0n) is 7.49. The minimum absolute atomic E-state index is 0.699. The third kappa shape index (κ3) is 2.15. The lowest BCUT2D eigenvalue weighted by molar-refractivity contribution is -0.129. The molecule has 0 aliphatic carbocycles. The van der Waals surface area contributed by atoms with Crippen LogP contribution in [0.4, 0.5) is 13.2 Å². The van der Waals surface area contributed by atoms with Crippen molar-refractivity contribution in [3.63, 3.8) is 0 Å². The fourth-order valence-corrected chi connectivity index (χ4v) is 1.19. The van der Waals surface area contributed by atoms with Crippen LogP contribution in [0, 0.1) is 17.5 Å². The van der Waals surface area contributed by atoms with Gasteiger partial charge in [-0.05, 0) is 0 Å². The number of ether oxygens (including phenoxy) is 1. The maximum atomic E-state index is 13.1.